The second kappa shape index (κ2) is 5.96. The highest BCUT2D eigenvalue weighted by molar-refractivity contribution is 5.77. The molecule has 0 amide bonds. The lowest BCUT2D eigenvalue weighted by Gasteiger charge is -2.30. The standard InChI is InChI=1S/C17H18N4O2/c22-16-13-3-1-2-4-14(13)19-15(20-16)11-21-8-5-12(6-9-21)17-18-7-10-23-17/h1-4,7,10,12H,5-6,8-9,11H2,(H,19,20,22). The monoisotopic (exact) mass is 310 g/mol. The number of nitrogens with one attached hydrogen (secondary N) is 1. The van der Waals surface area contributed by atoms with Crippen molar-refractivity contribution in [3.05, 3.63) is 58.8 Å². The number of hydrogen-bond donors (Lipinski definition) is 1. The molecular weight excluding hydrogens is 292 g/mol. The van der Waals surface area contributed by atoms with E-state index in [2.05, 4.69) is 19.9 Å². The van der Waals surface area contributed by atoms with Crippen molar-refractivity contribution < 1.29 is 4.42 Å². The van der Waals surface area contributed by atoms with Crippen LogP contribution in [0.25, 0.3) is 10.9 Å². The third-order valence-electron chi connectivity index (χ3n) is 4.42. The van der Waals surface area contributed by atoms with Crippen LogP contribution in [0.15, 0.2) is 45.9 Å². The smallest absolute Gasteiger partial charge is 0.258 e. The lowest BCUT2D eigenvalue weighted by atomic mass is 9.97. The highest BCUT2D eigenvalue weighted by Gasteiger charge is 2.24. The molecular formula is C17H18N4O2. The van der Waals surface area contributed by atoms with Gasteiger partial charge in [0.25, 0.3) is 5.56 Å². The first-order valence-corrected chi connectivity index (χ1v) is 7.89. The average Bonchev–Trinajstić information content (AvgIpc) is 3.10. The number of oxazole rings is 1. The largest absolute Gasteiger partial charge is 0.449 e. The van der Waals surface area contributed by atoms with Crippen molar-refractivity contribution in [3.63, 3.8) is 0 Å². The zero-order chi connectivity index (χ0) is 15.6. The van der Waals surface area contributed by atoms with Crippen LogP contribution in [0.2, 0.25) is 0 Å². The number of likely N-dealkylation sites (tertiary alicyclic amines) is 1. The Morgan fingerprint density at radius 3 is 2.87 bits per heavy atom. The van der Waals surface area contributed by atoms with Crippen LogP contribution in [-0.4, -0.2) is 32.9 Å². The van der Waals surface area contributed by atoms with Gasteiger partial charge in [-0.05, 0) is 38.1 Å². The van der Waals surface area contributed by atoms with E-state index >= 15 is 0 Å². The number of aromatic nitrogens is 3. The van der Waals surface area contributed by atoms with E-state index in [4.69, 9.17) is 4.42 Å². The van der Waals surface area contributed by atoms with E-state index in [0.29, 0.717) is 17.8 Å². The Hall–Kier alpha value is -2.47. The van der Waals surface area contributed by atoms with E-state index in [1.807, 2.05) is 18.2 Å². The summed E-state index contributed by atoms with van der Waals surface area (Å²) in [6.45, 7) is 2.56. The number of benzene rings is 1. The topological polar surface area (TPSA) is 75.0 Å². The van der Waals surface area contributed by atoms with Crippen LogP contribution >= 0.6 is 0 Å². The van der Waals surface area contributed by atoms with Gasteiger partial charge in [0, 0.05) is 5.92 Å². The predicted molar refractivity (Wildman–Crippen MR) is 86.1 cm³/mol. The minimum absolute atomic E-state index is 0.0692. The Morgan fingerprint density at radius 1 is 1.26 bits per heavy atom. The fourth-order valence-electron chi connectivity index (χ4n) is 3.20. The maximum atomic E-state index is 12.1. The van der Waals surface area contributed by atoms with Gasteiger partial charge in [-0.15, -0.1) is 0 Å². The molecule has 1 N–H and O–H groups in total. The number of H-pyrrole nitrogens is 1. The molecule has 23 heavy (non-hydrogen) atoms. The van der Waals surface area contributed by atoms with Crippen molar-refractivity contribution in [1.29, 1.82) is 0 Å². The molecule has 1 saturated heterocycles. The maximum Gasteiger partial charge on any atom is 0.258 e. The molecule has 4 rings (SSSR count). The van der Waals surface area contributed by atoms with Crippen LogP contribution in [0.1, 0.15) is 30.5 Å². The van der Waals surface area contributed by atoms with E-state index < -0.39 is 0 Å². The highest BCUT2D eigenvalue weighted by Crippen LogP contribution is 2.27. The number of aromatic amines is 1. The third kappa shape index (κ3) is 2.90. The van der Waals surface area contributed by atoms with Gasteiger partial charge in [-0.1, -0.05) is 12.1 Å². The maximum absolute atomic E-state index is 12.1. The first-order valence-electron chi connectivity index (χ1n) is 7.89. The first-order chi connectivity index (χ1) is 11.3. The van der Waals surface area contributed by atoms with Crippen molar-refractivity contribution in [3.8, 4) is 0 Å². The molecule has 1 aromatic carbocycles. The summed E-state index contributed by atoms with van der Waals surface area (Å²) in [6.07, 6.45) is 5.35. The molecule has 118 valence electrons. The molecule has 0 radical (unpaired) electrons. The summed E-state index contributed by atoms with van der Waals surface area (Å²) in [5, 5.41) is 0.638. The zero-order valence-electron chi connectivity index (χ0n) is 12.7. The average molecular weight is 310 g/mol. The molecule has 6 nitrogen and oxygen atoms in total. The van der Waals surface area contributed by atoms with Crippen LogP contribution < -0.4 is 5.56 Å². The first kappa shape index (κ1) is 14.1. The molecule has 0 saturated carbocycles. The van der Waals surface area contributed by atoms with Gasteiger partial charge in [0.2, 0.25) is 0 Å². The normalized spacial score (nSPS) is 16.9. The van der Waals surface area contributed by atoms with Crippen molar-refractivity contribution in [1.82, 2.24) is 19.9 Å². The number of para-hydroxylation sites is 1. The van der Waals surface area contributed by atoms with E-state index in [0.717, 1.165) is 43.2 Å². The molecule has 6 heteroatoms. The third-order valence-corrected chi connectivity index (χ3v) is 4.42. The SMILES string of the molecule is O=c1[nH]c(CN2CCC(c3ncco3)CC2)nc2ccccc12. The van der Waals surface area contributed by atoms with Gasteiger partial charge in [0.15, 0.2) is 5.89 Å². The van der Waals surface area contributed by atoms with Crippen LogP contribution in [-0.2, 0) is 6.54 Å². The fraction of sp³-hybridized carbons (Fsp3) is 0.353. The van der Waals surface area contributed by atoms with Gasteiger partial charge in [0.05, 0.1) is 23.6 Å². The summed E-state index contributed by atoms with van der Waals surface area (Å²) < 4.78 is 5.40. The van der Waals surface area contributed by atoms with Gasteiger partial charge in [-0.2, -0.15) is 0 Å². The molecule has 0 bridgehead atoms. The molecule has 0 unspecified atom stereocenters. The number of piperidine rings is 1. The number of hydrogen-bond acceptors (Lipinski definition) is 5. The van der Waals surface area contributed by atoms with Gasteiger partial charge < -0.3 is 9.40 Å². The van der Waals surface area contributed by atoms with Gasteiger partial charge >= 0.3 is 0 Å². The van der Waals surface area contributed by atoms with E-state index in [1.165, 1.54) is 0 Å². The number of nitrogens with zero attached hydrogens (tertiary/aromatic N) is 3. The summed E-state index contributed by atoms with van der Waals surface area (Å²) in [7, 11) is 0. The molecule has 3 aromatic rings. The van der Waals surface area contributed by atoms with Gasteiger partial charge in [0.1, 0.15) is 12.1 Å². The zero-order valence-corrected chi connectivity index (χ0v) is 12.7. The molecule has 1 aliphatic heterocycles. The van der Waals surface area contributed by atoms with Crippen LogP contribution in [0.3, 0.4) is 0 Å². The van der Waals surface area contributed by atoms with Crippen molar-refractivity contribution in [2.75, 3.05) is 13.1 Å². The molecule has 0 atom stereocenters. The molecule has 2 aromatic heterocycles. The number of rotatable bonds is 3. The Labute approximate surface area is 133 Å². The van der Waals surface area contributed by atoms with E-state index in [9.17, 15) is 4.79 Å². The van der Waals surface area contributed by atoms with Gasteiger partial charge in [-0.3, -0.25) is 9.69 Å². The molecule has 0 spiro atoms. The lowest BCUT2D eigenvalue weighted by molar-refractivity contribution is 0.189. The lowest BCUT2D eigenvalue weighted by Crippen LogP contribution is -2.33. The van der Waals surface area contributed by atoms with Gasteiger partial charge in [-0.25, -0.2) is 9.97 Å². The summed E-state index contributed by atoms with van der Waals surface area (Å²) >= 11 is 0. The molecule has 3 heterocycles. The van der Waals surface area contributed by atoms with Crippen LogP contribution in [0.5, 0.6) is 0 Å². The van der Waals surface area contributed by atoms with Crippen LogP contribution in [0, 0.1) is 0 Å². The van der Waals surface area contributed by atoms with Crippen molar-refractivity contribution in [2.24, 2.45) is 0 Å². The summed E-state index contributed by atoms with van der Waals surface area (Å²) in [5.41, 5.74) is 0.682. The van der Waals surface area contributed by atoms with Crippen molar-refractivity contribution >= 4 is 10.9 Å². The summed E-state index contributed by atoms with van der Waals surface area (Å²) in [5.74, 6) is 1.95. The predicted octanol–water partition coefficient (Wildman–Crippen LogP) is 2.29. The minimum atomic E-state index is -0.0692. The fourth-order valence-corrected chi connectivity index (χ4v) is 3.20. The summed E-state index contributed by atoms with van der Waals surface area (Å²) in [4.78, 5) is 26.1. The summed E-state index contributed by atoms with van der Waals surface area (Å²) in [6, 6.07) is 7.43. The number of fused-ring (bicyclic) bond motifs is 1. The Balaban J connectivity index is 1.46. The molecule has 1 fully saturated rings. The molecule has 1 aliphatic rings. The quantitative estimate of drug-likeness (QED) is 0.803. The Morgan fingerprint density at radius 2 is 2.09 bits per heavy atom. The highest BCUT2D eigenvalue weighted by atomic mass is 16.3. The molecule has 0 aliphatic carbocycles. The van der Waals surface area contributed by atoms with Crippen LogP contribution in [0.4, 0.5) is 0 Å². The van der Waals surface area contributed by atoms with E-state index in [-0.39, 0.29) is 5.56 Å². The second-order valence-electron chi connectivity index (χ2n) is 5.95. The Kier molecular flexibility index (Phi) is 3.67. The Bertz CT molecular complexity index is 848. The van der Waals surface area contributed by atoms with Crippen molar-refractivity contribution in [2.45, 2.75) is 25.3 Å². The van der Waals surface area contributed by atoms with E-state index in [1.54, 1.807) is 18.5 Å². The second-order valence-corrected chi connectivity index (χ2v) is 5.95. The minimum Gasteiger partial charge on any atom is -0.449 e.